The van der Waals surface area contributed by atoms with Crippen LogP contribution in [-0.4, -0.2) is 53.9 Å². The summed E-state index contributed by atoms with van der Waals surface area (Å²) in [5.74, 6) is 0.361. The van der Waals surface area contributed by atoms with Crippen LogP contribution in [0.1, 0.15) is 12.5 Å². The highest BCUT2D eigenvalue weighted by molar-refractivity contribution is 6.09. The summed E-state index contributed by atoms with van der Waals surface area (Å²) < 4.78 is 27.0. The molecule has 0 spiro atoms. The first-order valence-corrected chi connectivity index (χ1v) is 9.02. The molecule has 0 N–H and O–H groups in total. The maximum absolute atomic E-state index is 13.8. The minimum absolute atomic E-state index is 0.342. The number of fused-ring (bicyclic) bond motifs is 3. The Hall–Kier alpha value is -2.18. The monoisotopic (exact) mass is 357 g/mol. The summed E-state index contributed by atoms with van der Waals surface area (Å²) in [6.07, 6.45) is 1.64. The van der Waals surface area contributed by atoms with Crippen molar-refractivity contribution in [3.05, 3.63) is 35.9 Å². The summed E-state index contributed by atoms with van der Waals surface area (Å²) in [5.41, 5.74) is 3.09. The molecule has 0 aliphatic carbocycles. The highest BCUT2D eigenvalue weighted by Gasteiger charge is 2.21. The zero-order valence-corrected chi connectivity index (χ0v) is 15.5. The molecule has 0 radical (unpaired) electrons. The van der Waals surface area contributed by atoms with Gasteiger partial charge in [-0.05, 0) is 25.5 Å². The molecule has 0 amide bonds. The first-order valence-electron chi connectivity index (χ1n) is 9.02. The topological polar surface area (TPSA) is 39.5 Å². The minimum atomic E-state index is -0.451. The highest BCUT2D eigenvalue weighted by Crippen LogP contribution is 2.34. The number of halogens is 1. The van der Waals surface area contributed by atoms with E-state index in [-0.39, 0.29) is 0 Å². The Labute approximate surface area is 152 Å². The lowest BCUT2D eigenvalue weighted by Crippen LogP contribution is -2.43. The van der Waals surface area contributed by atoms with Crippen LogP contribution >= 0.6 is 0 Å². The van der Waals surface area contributed by atoms with Crippen LogP contribution in [0.3, 0.4) is 0 Å². The lowest BCUT2D eigenvalue weighted by atomic mass is 10.1. The van der Waals surface area contributed by atoms with E-state index >= 15 is 0 Å². The SMILES string of the molecule is COc1cc(C)c2c3cc(F)ncc3n(CC(C)N3CCOCC3)c2c1. The third-order valence-corrected chi connectivity index (χ3v) is 5.34. The van der Waals surface area contributed by atoms with E-state index in [0.717, 1.165) is 66.0 Å². The Morgan fingerprint density at radius 2 is 2.00 bits per heavy atom. The number of hydrogen-bond donors (Lipinski definition) is 0. The molecule has 0 bridgehead atoms. The quantitative estimate of drug-likeness (QED) is 0.671. The number of morpholine rings is 1. The van der Waals surface area contributed by atoms with E-state index < -0.39 is 5.95 Å². The number of benzene rings is 1. The second kappa shape index (κ2) is 6.85. The van der Waals surface area contributed by atoms with Crippen molar-refractivity contribution in [3.8, 4) is 5.75 Å². The zero-order valence-electron chi connectivity index (χ0n) is 15.5. The van der Waals surface area contributed by atoms with Crippen molar-refractivity contribution in [2.24, 2.45) is 0 Å². The molecule has 1 fully saturated rings. The van der Waals surface area contributed by atoms with E-state index in [1.54, 1.807) is 13.3 Å². The summed E-state index contributed by atoms with van der Waals surface area (Å²) in [4.78, 5) is 6.34. The van der Waals surface area contributed by atoms with E-state index in [1.807, 2.05) is 19.1 Å². The van der Waals surface area contributed by atoms with E-state index in [1.165, 1.54) is 6.07 Å². The summed E-state index contributed by atoms with van der Waals surface area (Å²) in [6.45, 7) is 8.50. The maximum Gasteiger partial charge on any atom is 0.213 e. The molecular weight excluding hydrogens is 333 g/mol. The number of methoxy groups -OCH3 is 1. The Balaban J connectivity index is 1.86. The lowest BCUT2D eigenvalue weighted by Gasteiger charge is -2.32. The van der Waals surface area contributed by atoms with Gasteiger partial charge >= 0.3 is 0 Å². The summed E-state index contributed by atoms with van der Waals surface area (Å²) in [5, 5.41) is 1.97. The van der Waals surface area contributed by atoms with Crippen LogP contribution in [0.4, 0.5) is 4.39 Å². The maximum atomic E-state index is 13.8. The molecule has 3 aromatic rings. The Morgan fingerprint density at radius 3 is 2.73 bits per heavy atom. The van der Waals surface area contributed by atoms with Crippen LogP contribution in [0.2, 0.25) is 0 Å². The Kier molecular flexibility index (Phi) is 4.54. The van der Waals surface area contributed by atoms with Gasteiger partial charge in [0.05, 0.1) is 37.6 Å². The van der Waals surface area contributed by atoms with E-state index in [4.69, 9.17) is 9.47 Å². The normalized spacial score (nSPS) is 17.1. The number of rotatable bonds is 4. The van der Waals surface area contributed by atoms with Gasteiger partial charge in [-0.3, -0.25) is 4.90 Å². The molecule has 1 saturated heterocycles. The van der Waals surface area contributed by atoms with Crippen LogP contribution in [0, 0.1) is 12.9 Å². The molecule has 5 nitrogen and oxygen atoms in total. The summed E-state index contributed by atoms with van der Waals surface area (Å²) in [7, 11) is 1.67. The van der Waals surface area contributed by atoms with Crippen molar-refractivity contribution in [1.82, 2.24) is 14.5 Å². The molecule has 4 rings (SSSR count). The molecule has 2 aromatic heterocycles. The van der Waals surface area contributed by atoms with Crippen LogP contribution < -0.4 is 4.74 Å². The van der Waals surface area contributed by atoms with Gasteiger partial charge in [-0.15, -0.1) is 0 Å². The number of aryl methyl sites for hydroxylation is 1. The average Bonchev–Trinajstić information content (AvgIpc) is 2.95. The number of aromatic nitrogens is 2. The zero-order chi connectivity index (χ0) is 18.3. The fourth-order valence-electron chi connectivity index (χ4n) is 3.98. The predicted molar refractivity (Wildman–Crippen MR) is 100 cm³/mol. The number of ether oxygens (including phenoxy) is 2. The second-order valence-corrected chi connectivity index (χ2v) is 6.97. The third kappa shape index (κ3) is 2.93. The molecule has 26 heavy (non-hydrogen) atoms. The third-order valence-electron chi connectivity index (χ3n) is 5.34. The van der Waals surface area contributed by atoms with Gasteiger partial charge < -0.3 is 14.0 Å². The van der Waals surface area contributed by atoms with E-state index in [2.05, 4.69) is 21.4 Å². The van der Waals surface area contributed by atoms with Crippen molar-refractivity contribution in [1.29, 1.82) is 0 Å². The largest absolute Gasteiger partial charge is 0.497 e. The standard InChI is InChI=1S/C20H24FN3O2/c1-13-8-15(25-3)9-17-20(13)16-10-19(21)22-11-18(16)24(17)12-14(2)23-4-6-26-7-5-23/h8-11,14H,4-7,12H2,1-3H3. The van der Waals surface area contributed by atoms with Crippen LogP contribution in [0.15, 0.2) is 24.4 Å². The van der Waals surface area contributed by atoms with Crippen LogP contribution in [0.25, 0.3) is 21.8 Å². The Bertz CT molecular complexity index is 947. The van der Waals surface area contributed by atoms with Gasteiger partial charge in [0.15, 0.2) is 0 Å². The van der Waals surface area contributed by atoms with Crippen molar-refractivity contribution in [3.63, 3.8) is 0 Å². The van der Waals surface area contributed by atoms with Crippen LogP contribution in [-0.2, 0) is 11.3 Å². The lowest BCUT2D eigenvalue weighted by molar-refractivity contribution is 0.0174. The molecule has 1 aliphatic rings. The number of hydrogen-bond acceptors (Lipinski definition) is 4. The van der Waals surface area contributed by atoms with Gasteiger partial charge in [0.2, 0.25) is 5.95 Å². The molecule has 6 heteroatoms. The minimum Gasteiger partial charge on any atom is -0.497 e. The predicted octanol–water partition coefficient (Wildman–Crippen LogP) is 3.37. The van der Waals surface area contributed by atoms with Crippen molar-refractivity contribution in [2.45, 2.75) is 26.4 Å². The van der Waals surface area contributed by atoms with E-state index in [0.29, 0.717) is 6.04 Å². The van der Waals surface area contributed by atoms with Crippen LogP contribution in [0.5, 0.6) is 5.75 Å². The molecule has 138 valence electrons. The second-order valence-electron chi connectivity index (χ2n) is 6.97. The van der Waals surface area contributed by atoms with E-state index in [9.17, 15) is 4.39 Å². The average molecular weight is 357 g/mol. The van der Waals surface area contributed by atoms with Crippen molar-refractivity contribution < 1.29 is 13.9 Å². The molecule has 3 heterocycles. The fraction of sp³-hybridized carbons (Fsp3) is 0.450. The van der Waals surface area contributed by atoms with Gasteiger partial charge in [-0.2, -0.15) is 4.39 Å². The summed E-state index contributed by atoms with van der Waals surface area (Å²) in [6, 6.07) is 5.91. The van der Waals surface area contributed by atoms with Gasteiger partial charge in [-0.1, -0.05) is 0 Å². The molecule has 1 unspecified atom stereocenters. The smallest absolute Gasteiger partial charge is 0.213 e. The van der Waals surface area contributed by atoms with Gasteiger partial charge in [0.25, 0.3) is 0 Å². The van der Waals surface area contributed by atoms with Gasteiger partial charge in [-0.25, -0.2) is 4.98 Å². The van der Waals surface area contributed by atoms with Crippen molar-refractivity contribution >= 4 is 21.8 Å². The van der Waals surface area contributed by atoms with Gasteiger partial charge in [0, 0.05) is 48.6 Å². The molecular formula is C20H24FN3O2. The molecule has 1 aromatic carbocycles. The number of pyridine rings is 1. The van der Waals surface area contributed by atoms with Crippen molar-refractivity contribution in [2.75, 3.05) is 33.4 Å². The highest BCUT2D eigenvalue weighted by atomic mass is 19.1. The first kappa shape index (κ1) is 17.2. The molecule has 1 aliphatic heterocycles. The summed E-state index contributed by atoms with van der Waals surface area (Å²) >= 11 is 0. The molecule has 1 atom stereocenters. The Morgan fingerprint density at radius 1 is 1.23 bits per heavy atom. The molecule has 0 saturated carbocycles. The first-order chi connectivity index (χ1) is 12.6. The van der Waals surface area contributed by atoms with Gasteiger partial charge in [0.1, 0.15) is 5.75 Å². The fourth-order valence-corrected chi connectivity index (χ4v) is 3.98. The number of nitrogens with zero attached hydrogens (tertiary/aromatic N) is 3.